The molecule has 0 unspecified atom stereocenters. The lowest BCUT2D eigenvalue weighted by atomic mass is 10.0. The molecule has 0 bridgehead atoms. The van der Waals surface area contributed by atoms with Crippen LogP contribution in [0.1, 0.15) is 25.7 Å². The number of amides is 1. The Morgan fingerprint density at radius 3 is 2.17 bits per heavy atom. The Morgan fingerprint density at radius 1 is 1.08 bits per heavy atom. The van der Waals surface area contributed by atoms with Gasteiger partial charge in [0, 0.05) is 30.7 Å². The zero-order chi connectivity index (χ0) is 17.3. The highest BCUT2D eigenvalue weighted by atomic mass is 32.2. The molecule has 0 spiro atoms. The van der Waals surface area contributed by atoms with Crippen LogP contribution in [-0.2, 0) is 14.6 Å². The number of hydrogen-bond donors (Lipinski definition) is 1. The molecule has 24 heavy (non-hydrogen) atoms. The van der Waals surface area contributed by atoms with E-state index in [-0.39, 0.29) is 22.8 Å². The van der Waals surface area contributed by atoms with E-state index in [9.17, 15) is 22.0 Å². The van der Waals surface area contributed by atoms with Crippen LogP contribution >= 0.6 is 0 Å². The van der Waals surface area contributed by atoms with Gasteiger partial charge in [0.2, 0.25) is 15.7 Å². The van der Waals surface area contributed by atoms with Crippen LogP contribution in [0, 0.1) is 5.92 Å². The quantitative estimate of drug-likeness (QED) is 0.876. The molecule has 1 aromatic rings. The molecule has 1 aromatic carbocycles. The first kappa shape index (κ1) is 17.1. The lowest BCUT2D eigenvalue weighted by molar-refractivity contribution is -0.123. The first-order valence-electron chi connectivity index (χ1n) is 8.05. The van der Waals surface area contributed by atoms with E-state index in [1.165, 1.54) is 12.1 Å². The van der Waals surface area contributed by atoms with Crippen LogP contribution in [0.15, 0.2) is 29.2 Å². The fraction of sp³-hybridized carbons (Fsp3) is 0.562. The van der Waals surface area contributed by atoms with Crippen molar-refractivity contribution in [2.75, 3.05) is 18.0 Å². The third-order valence-electron chi connectivity index (χ3n) is 4.55. The Balaban J connectivity index is 1.57. The number of sulfone groups is 1. The number of piperidine rings is 1. The highest BCUT2D eigenvalue weighted by molar-refractivity contribution is 7.91. The number of benzene rings is 1. The van der Waals surface area contributed by atoms with Crippen LogP contribution in [0.5, 0.6) is 0 Å². The molecule has 1 saturated carbocycles. The summed E-state index contributed by atoms with van der Waals surface area (Å²) in [4.78, 5) is 13.5. The van der Waals surface area contributed by atoms with Crippen molar-refractivity contribution in [1.29, 1.82) is 0 Å². The molecule has 1 heterocycles. The van der Waals surface area contributed by atoms with Crippen molar-refractivity contribution >= 4 is 21.4 Å². The number of carbonyl (C=O) groups is 1. The zero-order valence-electron chi connectivity index (χ0n) is 13.1. The van der Waals surface area contributed by atoms with Crippen LogP contribution in [0.3, 0.4) is 0 Å². The number of hydrogen-bond acceptors (Lipinski definition) is 4. The fourth-order valence-electron chi connectivity index (χ4n) is 2.90. The molecular weight excluding hydrogens is 338 g/mol. The van der Waals surface area contributed by atoms with Crippen molar-refractivity contribution in [3.8, 4) is 0 Å². The summed E-state index contributed by atoms with van der Waals surface area (Å²) < 4.78 is 47.9. The summed E-state index contributed by atoms with van der Waals surface area (Å²) in [6, 6.07) is 5.72. The Morgan fingerprint density at radius 2 is 1.67 bits per heavy atom. The number of nitrogens with zero attached hydrogens (tertiary/aromatic N) is 1. The van der Waals surface area contributed by atoms with Crippen LogP contribution in [-0.4, -0.2) is 39.2 Å². The molecule has 2 fully saturated rings. The summed E-state index contributed by atoms with van der Waals surface area (Å²) in [7, 11) is -4.55. The van der Waals surface area contributed by atoms with Gasteiger partial charge in [-0.2, -0.15) is 8.78 Å². The summed E-state index contributed by atoms with van der Waals surface area (Å²) in [6.45, 7) is 1.47. The second kappa shape index (κ2) is 6.66. The first-order valence-corrected chi connectivity index (χ1v) is 9.60. The highest BCUT2D eigenvalue weighted by Gasteiger charge is 2.32. The van der Waals surface area contributed by atoms with E-state index in [0.29, 0.717) is 0 Å². The van der Waals surface area contributed by atoms with E-state index in [2.05, 4.69) is 10.2 Å². The Hall–Kier alpha value is -1.70. The first-order chi connectivity index (χ1) is 11.4. The van der Waals surface area contributed by atoms with Gasteiger partial charge in [-0.25, -0.2) is 8.42 Å². The normalized spacial score (nSPS) is 19.5. The van der Waals surface area contributed by atoms with Crippen molar-refractivity contribution < 1.29 is 22.0 Å². The van der Waals surface area contributed by atoms with Gasteiger partial charge in [-0.1, -0.05) is 0 Å². The summed E-state index contributed by atoms with van der Waals surface area (Å²) in [6.07, 6.45) is 3.60. The maximum Gasteiger partial charge on any atom is 0.341 e. The molecule has 2 aliphatic rings. The van der Waals surface area contributed by atoms with E-state index in [1.807, 2.05) is 0 Å². The fourth-order valence-corrected chi connectivity index (χ4v) is 3.62. The molecule has 1 N–H and O–H groups in total. The molecular formula is C16H20F2N2O3S. The van der Waals surface area contributed by atoms with E-state index in [0.717, 1.165) is 44.5 Å². The topological polar surface area (TPSA) is 66.5 Å². The van der Waals surface area contributed by atoms with Gasteiger partial charge >= 0.3 is 5.76 Å². The van der Waals surface area contributed by atoms with Gasteiger partial charge in [-0.05, 0) is 49.9 Å². The van der Waals surface area contributed by atoms with Crippen LogP contribution in [0.25, 0.3) is 0 Å². The van der Waals surface area contributed by atoms with Gasteiger partial charge in [0.25, 0.3) is 0 Å². The van der Waals surface area contributed by atoms with Crippen molar-refractivity contribution in [3.05, 3.63) is 24.3 Å². The van der Waals surface area contributed by atoms with Crippen LogP contribution < -0.4 is 10.2 Å². The largest absolute Gasteiger partial charge is 0.371 e. The minimum absolute atomic E-state index is 0.148. The Kier molecular flexibility index (Phi) is 4.76. The minimum atomic E-state index is -4.55. The smallest absolute Gasteiger partial charge is 0.341 e. The maximum atomic E-state index is 12.5. The van der Waals surface area contributed by atoms with Crippen molar-refractivity contribution in [3.63, 3.8) is 0 Å². The summed E-state index contributed by atoms with van der Waals surface area (Å²) in [5.41, 5.74) is 0.801. The lowest BCUT2D eigenvalue weighted by Crippen LogP contribution is -2.45. The molecule has 1 aliphatic carbocycles. The van der Waals surface area contributed by atoms with Gasteiger partial charge in [-0.3, -0.25) is 4.79 Å². The predicted octanol–water partition coefficient (Wildman–Crippen LogP) is 2.18. The number of nitrogens with one attached hydrogen (secondary N) is 1. The van der Waals surface area contributed by atoms with Gasteiger partial charge in [0.15, 0.2) is 0 Å². The molecule has 0 radical (unpaired) electrons. The number of halogens is 2. The van der Waals surface area contributed by atoms with E-state index >= 15 is 0 Å². The molecule has 132 valence electrons. The molecule has 1 saturated heterocycles. The predicted molar refractivity (Wildman–Crippen MR) is 85.7 cm³/mol. The lowest BCUT2D eigenvalue weighted by Gasteiger charge is -2.34. The molecule has 1 aliphatic heterocycles. The monoisotopic (exact) mass is 358 g/mol. The maximum absolute atomic E-state index is 12.5. The number of carbonyl (C=O) groups excluding carboxylic acids is 1. The second-order valence-electron chi connectivity index (χ2n) is 6.34. The highest BCUT2D eigenvalue weighted by Crippen LogP contribution is 2.29. The summed E-state index contributed by atoms with van der Waals surface area (Å²) in [5.74, 6) is -3.06. The molecule has 0 aromatic heterocycles. The third-order valence-corrected chi connectivity index (χ3v) is 5.95. The average Bonchev–Trinajstić information content (AvgIpc) is 3.40. The summed E-state index contributed by atoms with van der Waals surface area (Å²) in [5, 5.41) is 3.07. The standard InChI is InChI=1S/C16H20F2N2O3S/c17-16(18)24(22,23)14-5-3-13(4-6-14)20-9-7-12(8-10-20)19-15(21)11-1-2-11/h3-6,11-12,16H,1-2,7-10H2,(H,19,21). The van der Waals surface area contributed by atoms with E-state index < -0.39 is 15.6 Å². The van der Waals surface area contributed by atoms with Crippen molar-refractivity contribution in [2.45, 2.75) is 42.4 Å². The number of alkyl halides is 2. The van der Waals surface area contributed by atoms with Crippen LogP contribution in [0.4, 0.5) is 14.5 Å². The van der Waals surface area contributed by atoms with E-state index in [1.54, 1.807) is 12.1 Å². The Bertz CT molecular complexity index is 695. The van der Waals surface area contributed by atoms with Gasteiger partial charge < -0.3 is 10.2 Å². The molecule has 3 rings (SSSR count). The average molecular weight is 358 g/mol. The summed E-state index contributed by atoms with van der Waals surface area (Å²) >= 11 is 0. The SMILES string of the molecule is O=C(NC1CCN(c2ccc(S(=O)(=O)C(F)F)cc2)CC1)C1CC1. The van der Waals surface area contributed by atoms with E-state index in [4.69, 9.17) is 0 Å². The minimum Gasteiger partial charge on any atom is -0.371 e. The zero-order valence-corrected chi connectivity index (χ0v) is 13.9. The molecule has 1 amide bonds. The van der Waals surface area contributed by atoms with Gasteiger partial charge in [0.05, 0.1) is 4.90 Å². The van der Waals surface area contributed by atoms with Crippen molar-refractivity contribution in [2.24, 2.45) is 5.92 Å². The molecule has 8 heteroatoms. The van der Waals surface area contributed by atoms with Gasteiger partial charge in [-0.15, -0.1) is 0 Å². The van der Waals surface area contributed by atoms with Crippen LogP contribution in [0.2, 0.25) is 0 Å². The number of anilines is 1. The van der Waals surface area contributed by atoms with Crippen molar-refractivity contribution in [1.82, 2.24) is 5.32 Å². The second-order valence-corrected chi connectivity index (χ2v) is 8.26. The third kappa shape index (κ3) is 3.68. The Labute approximate surface area is 139 Å². The number of rotatable bonds is 5. The van der Waals surface area contributed by atoms with Gasteiger partial charge in [0.1, 0.15) is 0 Å². The molecule has 0 atom stereocenters. The molecule has 5 nitrogen and oxygen atoms in total.